The molecule has 0 bridgehead atoms. The van der Waals surface area contributed by atoms with Crippen LogP contribution in [-0.4, -0.2) is 53.6 Å². The Morgan fingerprint density at radius 1 is 1.55 bits per heavy atom. The highest BCUT2D eigenvalue weighted by Gasteiger charge is 2.38. The molecule has 1 atom stereocenters. The molecule has 2 amide bonds. The summed E-state index contributed by atoms with van der Waals surface area (Å²) in [6, 6.07) is -0.618. The Balaban J connectivity index is 1.91. The fraction of sp³-hybridized carbons (Fsp3) is 0.583. The molecule has 1 aliphatic heterocycles. The third-order valence-electron chi connectivity index (χ3n) is 2.98. The molecule has 2 rings (SSSR count). The lowest BCUT2D eigenvalue weighted by molar-refractivity contribution is -0.157. The summed E-state index contributed by atoms with van der Waals surface area (Å²) in [6.45, 7) is 1.13. The number of carbonyl (C=O) groups excluding carboxylic acids is 2. The maximum atomic E-state index is 12.3. The number of amides is 2. The number of nitrogens with one attached hydrogen (secondary N) is 2. The van der Waals surface area contributed by atoms with Gasteiger partial charge in [0, 0.05) is 19.5 Å². The molecule has 1 unspecified atom stereocenters. The maximum Gasteiger partial charge on any atom is 0.406 e. The van der Waals surface area contributed by atoms with E-state index in [0.717, 1.165) is 11.3 Å². The van der Waals surface area contributed by atoms with Crippen LogP contribution in [0.3, 0.4) is 0 Å². The minimum Gasteiger partial charge on any atom is -0.362 e. The zero-order chi connectivity index (χ0) is 16.3. The van der Waals surface area contributed by atoms with E-state index in [9.17, 15) is 22.8 Å². The summed E-state index contributed by atoms with van der Waals surface area (Å²) in [5, 5.41) is 6.12. The molecule has 0 aliphatic carbocycles. The predicted molar refractivity (Wildman–Crippen MR) is 74.8 cm³/mol. The number of hydrogen-bond acceptors (Lipinski definition) is 5. The van der Waals surface area contributed by atoms with Gasteiger partial charge in [0.1, 0.15) is 11.4 Å². The molecule has 2 heterocycles. The number of nitrogens with zero attached hydrogens (tertiary/aromatic N) is 2. The van der Waals surface area contributed by atoms with Crippen molar-refractivity contribution in [3.63, 3.8) is 0 Å². The molecule has 10 heteroatoms. The highest BCUT2D eigenvalue weighted by atomic mass is 32.1. The molecule has 122 valence electrons. The second-order valence-corrected chi connectivity index (χ2v) is 5.85. The first kappa shape index (κ1) is 16.5. The summed E-state index contributed by atoms with van der Waals surface area (Å²) in [5.74, 6) is -1.05. The molecule has 0 spiro atoms. The maximum absolute atomic E-state index is 12.3. The summed E-state index contributed by atoms with van der Waals surface area (Å²) in [4.78, 5) is 28.6. The van der Waals surface area contributed by atoms with E-state index in [2.05, 4.69) is 15.6 Å². The number of hydrogen-bond donors (Lipinski definition) is 2. The molecular weight excluding hydrogens is 321 g/mol. The van der Waals surface area contributed by atoms with E-state index >= 15 is 0 Å². The number of halogens is 3. The Bertz CT molecular complexity index is 561. The van der Waals surface area contributed by atoms with E-state index in [1.54, 1.807) is 0 Å². The predicted octanol–water partition coefficient (Wildman–Crippen LogP) is 1.47. The van der Waals surface area contributed by atoms with Crippen molar-refractivity contribution < 1.29 is 22.8 Å². The van der Waals surface area contributed by atoms with Gasteiger partial charge in [-0.2, -0.15) is 13.2 Å². The van der Waals surface area contributed by atoms with Gasteiger partial charge in [0.25, 0.3) is 5.91 Å². The Hall–Kier alpha value is -1.84. The van der Waals surface area contributed by atoms with Crippen molar-refractivity contribution in [3.8, 4) is 0 Å². The van der Waals surface area contributed by atoms with Crippen LogP contribution in [0.1, 0.15) is 23.0 Å². The van der Waals surface area contributed by atoms with Gasteiger partial charge in [-0.15, -0.1) is 0 Å². The summed E-state index contributed by atoms with van der Waals surface area (Å²) >= 11 is 1.15. The number of carbonyl (C=O) groups is 2. The smallest absolute Gasteiger partial charge is 0.362 e. The fourth-order valence-electron chi connectivity index (χ4n) is 2.11. The Morgan fingerprint density at radius 3 is 2.91 bits per heavy atom. The van der Waals surface area contributed by atoms with Crippen molar-refractivity contribution >= 4 is 28.3 Å². The molecule has 1 fully saturated rings. The van der Waals surface area contributed by atoms with Gasteiger partial charge in [0.2, 0.25) is 5.91 Å². The molecule has 1 saturated heterocycles. The number of alkyl halides is 3. The van der Waals surface area contributed by atoms with Crippen LogP contribution >= 0.6 is 11.3 Å². The normalized spacial score (nSPS) is 18.6. The van der Waals surface area contributed by atoms with Gasteiger partial charge in [0.15, 0.2) is 5.13 Å². The Morgan fingerprint density at radius 2 is 2.27 bits per heavy atom. The second kappa shape index (κ2) is 6.51. The zero-order valence-corrected chi connectivity index (χ0v) is 12.6. The average molecular weight is 336 g/mol. The zero-order valence-electron chi connectivity index (χ0n) is 11.7. The molecule has 22 heavy (non-hydrogen) atoms. The van der Waals surface area contributed by atoms with Gasteiger partial charge >= 0.3 is 6.18 Å². The molecule has 2 N–H and O–H groups in total. The largest absolute Gasteiger partial charge is 0.406 e. The Labute approximate surface area is 128 Å². The van der Waals surface area contributed by atoms with Crippen LogP contribution in [0.15, 0.2) is 6.20 Å². The lowest BCUT2D eigenvalue weighted by Gasteiger charge is -2.18. The van der Waals surface area contributed by atoms with E-state index < -0.39 is 30.6 Å². The second-order valence-electron chi connectivity index (χ2n) is 4.82. The molecule has 6 nitrogen and oxygen atoms in total. The number of likely N-dealkylation sites (tertiary alicyclic amines) is 1. The fourth-order valence-corrected chi connectivity index (χ4v) is 2.89. The first-order chi connectivity index (χ1) is 10.3. The quantitative estimate of drug-likeness (QED) is 0.854. The summed E-state index contributed by atoms with van der Waals surface area (Å²) in [7, 11) is 0. The molecule has 0 saturated carbocycles. The van der Waals surface area contributed by atoms with Crippen LogP contribution in [0.5, 0.6) is 0 Å². The summed E-state index contributed by atoms with van der Waals surface area (Å²) in [5.41, 5.74) is 0. The lowest BCUT2D eigenvalue weighted by Crippen LogP contribution is -2.39. The van der Waals surface area contributed by atoms with Crippen molar-refractivity contribution in [1.82, 2.24) is 15.2 Å². The minimum atomic E-state index is -4.44. The van der Waals surface area contributed by atoms with E-state index in [1.165, 1.54) is 6.20 Å². The lowest BCUT2D eigenvalue weighted by atomic mass is 10.2. The van der Waals surface area contributed by atoms with E-state index in [0.29, 0.717) is 21.5 Å². The van der Waals surface area contributed by atoms with E-state index in [4.69, 9.17) is 0 Å². The van der Waals surface area contributed by atoms with Gasteiger partial charge < -0.3 is 15.5 Å². The monoisotopic (exact) mass is 336 g/mol. The molecule has 1 aromatic rings. The number of thiazole rings is 1. The van der Waals surface area contributed by atoms with Crippen molar-refractivity contribution in [2.24, 2.45) is 0 Å². The third-order valence-corrected chi connectivity index (χ3v) is 3.93. The minimum absolute atomic E-state index is 0.124. The Kier molecular flexibility index (Phi) is 4.89. The first-order valence-corrected chi connectivity index (χ1v) is 7.45. The summed E-state index contributed by atoms with van der Waals surface area (Å²) < 4.78 is 36.9. The highest BCUT2D eigenvalue weighted by Crippen LogP contribution is 2.22. The standard InChI is InChI=1S/C12H15F3N4O2S/c1-2-16-11-17-4-8(22-11)10(21)18-7-3-9(20)19(5-7)6-12(13,14)15/h4,7H,2-3,5-6H2,1H3,(H,16,17)(H,18,21). The van der Waals surface area contributed by atoms with Crippen LogP contribution in [0.2, 0.25) is 0 Å². The van der Waals surface area contributed by atoms with Crippen LogP contribution in [0.4, 0.5) is 18.3 Å². The topological polar surface area (TPSA) is 74.3 Å². The van der Waals surface area contributed by atoms with Crippen LogP contribution in [0.25, 0.3) is 0 Å². The van der Waals surface area contributed by atoms with Gasteiger partial charge in [-0.1, -0.05) is 11.3 Å². The van der Waals surface area contributed by atoms with Gasteiger partial charge in [0.05, 0.1) is 12.2 Å². The molecule has 1 aromatic heterocycles. The van der Waals surface area contributed by atoms with Crippen molar-refractivity contribution in [3.05, 3.63) is 11.1 Å². The van der Waals surface area contributed by atoms with Crippen molar-refractivity contribution in [1.29, 1.82) is 0 Å². The highest BCUT2D eigenvalue weighted by molar-refractivity contribution is 7.17. The van der Waals surface area contributed by atoms with Crippen molar-refractivity contribution in [2.75, 3.05) is 25.0 Å². The van der Waals surface area contributed by atoms with E-state index in [1.807, 2.05) is 6.92 Å². The SMILES string of the molecule is CCNc1ncc(C(=O)NC2CC(=O)N(CC(F)(F)F)C2)s1. The molecular formula is C12H15F3N4O2S. The van der Waals surface area contributed by atoms with Gasteiger partial charge in [-0.05, 0) is 6.92 Å². The van der Waals surface area contributed by atoms with Crippen LogP contribution in [0, 0.1) is 0 Å². The summed E-state index contributed by atoms with van der Waals surface area (Å²) in [6.07, 6.45) is -3.17. The third kappa shape index (κ3) is 4.33. The van der Waals surface area contributed by atoms with E-state index in [-0.39, 0.29) is 13.0 Å². The van der Waals surface area contributed by atoms with Crippen LogP contribution < -0.4 is 10.6 Å². The van der Waals surface area contributed by atoms with Gasteiger partial charge in [-0.3, -0.25) is 9.59 Å². The molecule has 0 aromatic carbocycles. The number of anilines is 1. The van der Waals surface area contributed by atoms with Crippen LogP contribution in [-0.2, 0) is 4.79 Å². The first-order valence-electron chi connectivity index (χ1n) is 6.63. The average Bonchev–Trinajstić information content (AvgIpc) is 2.96. The molecule has 0 radical (unpaired) electrons. The van der Waals surface area contributed by atoms with Crippen molar-refractivity contribution in [2.45, 2.75) is 25.6 Å². The molecule has 1 aliphatic rings. The number of rotatable bonds is 5. The number of aromatic nitrogens is 1. The van der Waals surface area contributed by atoms with Gasteiger partial charge in [-0.25, -0.2) is 4.98 Å².